The third kappa shape index (κ3) is 3.12. The molecule has 0 atom stereocenters. The summed E-state index contributed by atoms with van der Waals surface area (Å²) in [6, 6.07) is 0. The van der Waals surface area contributed by atoms with Crippen LogP contribution in [0.2, 0.25) is 0 Å². The molecule has 1 aromatic heterocycles. The van der Waals surface area contributed by atoms with E-state index in [0.717, 1.165) is 5.75 Å². The summed E-state index contributed by atoms with van der Waals surface area (Å²) in [6.07, 6.45) is 3.39. The number of hydrogen-bond donors (Lipinski definition) is 0. The SMILES string of the molecule is CCCn1c(=O)c(/C=C/C(=O)OCC)c2n(c1=O)CCS2. The highest BCUT2D eigenvalue weighted by Crippen LogP contribution is 2.26. The molecular formula is C14H18N2O4S. The van der Waals surface area contributed by atoms with Crippen LogP contribution < -0.4 is 11.2 Å². The maximum atomic E-state index is 12.4. The Morgan fingerprint density at radius 3 is 2.81 bits per heavy atom. The van der Waals surface area contributed by atoms with Gasteiger partial charge in [-0.05, 0) is 19.4 Å². The van der Waals surface area contributed by atoms with Crippen molar-refractivity contribution in [3.8, 4) is 0 Å². The van der Waals surface area contributed by atoms with Crippen LogP contribution in [0.15, 0.2) is 20.7 Å². The van der Waals surface area contributed by atoms with Crippen LogP contribution in [0.25, 0.3) is 6.08 Å². The van der Waals surface area contributed by atoms with Gasteiger partial charge in [-0.15, -0.1) is 11.8 Å². The molecule has 2 heterocycles. The zero-order valence-electron chi connectivity index (χ0n) is 12.1. The molecule has 6 nitrogen and oxygen atoms in total. The van der Waals surface area contributed by atoms with Crippen LogP contribution in [-0.4, -0.2) is 27.5 Å². The van der Waals surface area contributed by atoms with Gasteiger partial charge in [-0.25, -0.2) is 9.59 Å². The van der Waals surface area contributed by atoms with E-state index in [0.29, 0.717) is 30.1 Å². The van der Waals surface area contributed by atoms with Gasteiger partial charge in [0.25, 0.3) is 5.56 Å². The van der Waals surface area contributed by atoms with Crippen LogP contribution in [0.5, 0.6) is 0 Å². The van der Waals surface area contributed by atoms with E-state index in [4.69, 9.17) is 4.74 Å². The maximum Gasteiger partial charge on any atom is 0.331 e. The Bertz CT molecular complexity index is 687. The molecule has 0 saturated heterocycles. The van der Waals surface area contributed by atoms with Crippen molar-refractivity contribution in [2.24, 2.45) is 0 Å². The molecule has 0 fully saturated rings. The molecular weight excluding hydrogens is 292 g/mol. The van der Waals surface area contributed by atoms with E-state index >= 15 is 0 Å². The van der Waals surface area contributed by atoms with Gasteiger partial charge in [-0.3, -0.25) is 13.9 Å². The highest BCUT2D eigenvalue weighted by atomic mass is 32.2. The molecule has 0 unspecified atom stereocenters. The van der Waals surface area contributed by atoms with Crippen molar-refractivity contribution >= 4 is 23.8 Å². The van der Waals surface area contributed by atoms with Gasteiger partial charge in [0, 0.05) is 24.9 Å². The number of hydrogen-bond acceptors (Lipinski definition) is 5. The number of rotatable bonds is 5. The predicted octanol–water partition coefficient (Wildman–Crippen LogP) is 1.10. The van der Waals surface area contributed by atoms with Crippen LogP contribution in [0, 0.1) is 0 Å². The Labute approximate surface area is 126 Å². The second kappa shape index (κ2) is 6.80. The van der Waals surface area contributed by atoms with Gasteiger partial charge in [0.1, 0.15) is 0 Å². The minimum atomic E-state index is -0.494. The lowest BCUT2D eigenvalue weighted by atomic mass is 10.3. The van der Waals surface area contributed by atoms with Gasteiger partial charge in [0.15, 0.2) is 0 Å². The number of fused-ring (bicyclic) bond motifs is 1. The minimum absolute atomic E-state index is 0.268. The number of esters is 1. The van der Waals surface area contributed by atoms with Crippen LogP contribution in [0.3, 0.4) is 0 Å². The van der Waals surface area contributed by atoms with Gasteiger partial charge in [0.05, 0.1) is 17.2 Å². The first-order chi connectivity index (χ1) is 10.1. The molecule has 0 saturated carbocycles. The average Bonchev–Trinajstić information content (AvgIpc) is 2.93. The molecule has 21 heavy (non-hydrogen) atoms. The van der Waals surface area contributed by atoms with Crippen LogP contribution >= 0.6 is 11.8 Å². The van der Waals surface area contributed by atoms with E-state index < -0.39 is 5.97 Å². The first-order valence-corrected chi connectivity index (χ1v) is 7.94. The summed E-state index contributed by atoms with van der Waals surface area (Å²) in [6.45, 7) is 4.87. The standard InChI is InChI=1S/C14H18N2O4S/c1-3-7-15-12(18)10(5-6-11(17)20-4-2)13-16(14(15)19)8-9-21-13/h5-6H,3-4,7-9H2,1-2H3/b6-5+. The molecule has 0 radical (unpaired) electrons. The first kappa shape index (κ1) is 15.6. The van der Waals surface area contributed by atoms with E-state index in [1.54, 1.807) is 11.5 Å². The average molecular weight is 310 g/mol. The fourth-order valence-corrected chi connectivity index (χ4v) is 3.30. The molecule has 1 aromatic rings. The third-order valence-electron chi connectivity index (χ3n) is 3.09. The zero-order chi connectivity index (χ0) is 15.4. The molecule has 0 bridgehead atoms. The van der Waals surface area contributed by atoms with E-state index in [1.807, 2.05) is 6.92 Å². The summed E-state index contributed by atoms with van der Waals surface area (Å²) in [4.78, 5) is 36.1. The molecule has 0 amide bonds. The van der Waals surface area contributed by atoms with Crippen molar-refractivity contribution < 1.29 is 9.53 Å². The Balaban J connectivity index is 2.53. The normalized spacial score (nSPS) is 13.6. The van der Waals surface area contributed by atoms with Gasteiger partial charge >= 0.3 is 11.7 Å². The van der Waals surface area contributed by atoms with Crippen LogP contribution in [0.1, 0.15) is 25.8 Å². The number of aromatic nitrogens is 2. The van der Waals surface area contributed by atoms with Gasteiger partial charge in [-0.1, -0.05) is 6.92 Å². The van der Waals surface area contributed by atoms with E-state index in [-0.39, 0.29) is 17.9 Å². The molecule has 0 aromatic carbocycles. The lowest BCUT2D eigenvalue weighted by Crippen LogP contribution is -2.41. The van der Waals surface area contributed by atoms with E-state index in [2.05, 4.69) is 0 Å². The quantitative estimate of drug-likeness (QED) is 0.463. The van der Waals surface area contributed by atoms with E-state index in [1.165, 1.54) is 28.5 Å². The lowest BCUT2D eigenvalue weighted by Gasteiger charge is -2.10. The van der Waals surface area contributed by atoms with Crippen molar-refractivity contribution in [1.29, 1.82) is 0 Å². The van der Waals surface area contributed by atoms with Crippen molar-refractivity contribution in [1.82, 2.24) is 9.13 Å². The molecule has 114 valence electrons. The Hall–Kier alpha value is -1.76. The number of carbonyl (C=O) groups excluding carboxylic acids is 1. The summed E-state index contributed by atoms with van der Waals surface area (Å²) in [5.74, 6) is 0.261. The Morgan fingerprint density at radius 1 is 1.38 bits per heavy atom. The first-order valence-electron chi connectivity index (χ1n) is 6.95. The summed E-state index contributed by atoms with van der Waals surface area (Å²) in [5, 5.41) is 0.637. The second-order valence-electron chi connectivity index (χ2n) is 4.54. The minimum Gasteiger partial charge on any atom is -0.463 e. The summed E-state index contributed by atoms with van der Waals surface area (Å²) < 4.78 is 7.65. The topological polar surface area (TPSA) is 70.3 Å². The number of ether oxygens (including phenoxy) is 1. The van der Waals surface area contributed by atoms with Crippen molar-refractivity contribution in [3.05, 3.63) is 32.5 Å². The summed E-state index contributed by atoms with van der Waals surface area (Å²) in [5.41, 5.74) is -0.225. The fraction of sp³-hybridized carbons (Fsp3) is 0.500. The fourth-order valence-electron chi connectivity index (χ4n) is 2.19. The molecule has 2 rings (SSSR count). The van der Waals surface area contributed by atoms with Crippen LogP contribution in [0.4, 0.5) is 0 Å². The Kier molecular flexibility index (Phi) is 5.06. The lowest BCUT2D eigenvalue weighted by molar-refractivity contribution is -0.137. The number of nitrogens with zero attached hydrogens (tertiary/aromatic N) is 2. The molecule has 0 N–H and O–H groups in total. The van der Waals surface area contributed by atoms with Crippen molar-refractivity contribution in [2.75, 3.05) is 12.4 Å². The zero-order valence-corrected chi connectivity index (χ0v) is 12.9. The van der Waals surface area contributed by atoms with Gasteiger partial charge < -0.3 is 4.74 Å². The largest absolute Gasteiger partial charge is 0.463 e. The van der Waals surface area contributed by atoms with Crippen molar-refractivity contribution in [3.63, 3.8) is 0 Å². The Morgan fingerprint density at radius 2 is 2.14 bits per heavy atom. The number of carbonyl (C=O) groups is 1. The molecule has 0 aliphatic carbocycles. The molecule has 1 aliphatic heterocycles. The summed E-state index contributed by atoms with van der Waals surface area (Å²) >= 11 is 1.46. The van der Waals surface area contributed by atoms with Gasteiger partial charge in [0.2, 0.25) is 0 Å². The highest BCUT2D eigenvalue weighted by Gasteiger charge is 2.21. The van der Waals surface area contributed by atoms with Gasteiger partial charge in [-0.2, -0.15) is 0 Å². The number of thioether (sulfide) groups is 1. The molecule has 1 aliphatic rings. The van der Waals surface area contributed by atoms with Crippen molar-refractivity contribution in [2.45, 2.75) is 38.4 Å². The maximum absolute atomic E-state index is 12.4. The molecule has 7 heteroatoms. The summed E-state index contributed by atoms with van der Waals surface area (Å²) in [7, 11) is 0. The third-order valence-corrected chi connectivity index (χ3v) is 4.19. The second-order valence-corrected chi connectivity index (χ2v) is 5.63. The smallest absolute Gasteiger partial charge is 0.331 e. The predicted molar refractivity (Wildman–Crippen MR) is 81.6 cm³/mol. The monoisotopic (exact) mass is 310 g/mol. The molecule has 0 spiro atoms. The highest BCUT2D eigenvalue weighted by molar-refractivity contribution is 7.99. The van der Waals surface area contributed by atoms with E-state index in [9.17, 15) is 14.4 Å². The van der Waals surface area contributed by atoms with Crippen LogP contribution in [-0.2, 0) is 22.6 Å².